The maximum Gasteiger partial charge on any atom is 0.185 e. The summed E-state index contributed by atoms with van der Waals surface area (Å²) in [5, 5.41) is 4.57. The smallest absolute Gasteiger partial charge is 0.185 e. The van der Waals surface area contributed by atoms with E-state index in [2.05, 4.69) is 29.2 Å². The first-order chi connectivity index (χ1) is 10.2. The van der Waals surface area contributed by atoms with Crippen LogP contribution in [-0.2, 0) is 6.54 Å². The zero-order valence-electron chi connectivity index (χ0n) is 13.6. The minimum atomic E-state index is 0.754. The number of hydrogen-bond donors (Lipinski definition) is 1. The molecule has 0 amide bonds. The van der Waals surface area contributed by atoms with Crippen molar-refractivity contribution in [1.82, 2.24) is 15.2 Å². The first kappa shape index (κ1) is 15.3. The zero-order chi connectivity index (χ0) is 14.8. The number of nitrogens with zero attached hydrogens (tertiary/aromatic N) is 3. The Morgan fingerprint density at radius 2 is 1.95 bits per heavy atom. The van der Waals surface area contributed by atoms with Crippen molar-refractivity contribution in [2.75, 3.05) is 45.7 Å². The summed E-state index contributed by atoms with van der Waals surface area (Å²) in [7, 11) is 6.39. The second-order valence-electron chi connectivity index (χ2n) is 6.80. The number of aromatic nitrogens is 1. The van der Waals surface area contributed by atoms with E-state index in [0.717, 1.165) is 18.4 Å². The maximum absolute atomic E-state index is 4.99. The highest BCUT2D eigenvalue weighted by molar-refractivity contribution is 7.15. The molecule has 0 bridgehead atoms. The molecule has 118 valence electrons. The molecule has 1 aliphatic heterocycles. The van der Waals surface area contributed by atoms with Crippen LogP contribution in [-0.4, -0.2) is 50.7 Å². The van der Waals surface area contributed by atoms with Gasteiger partial charge in [-0.2, -0.15) is 0 Å². The second kappa shape index (κ2) is 6.63. The summed E-state index contributed by atoms with van der Waals surface area (Å²) in [6, 6.07) is 0. The van der Waals surface area contributed by atoms with Crippen LogP contribution >= 0.6 is 11.3 Å². The lowest BCUT2D eigenvalue weighted by atomic mass is 9.97. The molecule has 1 saturated carbocycles. The van der Waals surface area contributed by atoms with Crippen molar-refractivity contribution in [3.05, 3.63) is 10.6 Å². The topological polar surface area (TPSA) is 31.4 Å². The Morgan fingerprint density at radius 1 is 1.24 bits per heavy atom. The molecule has 0 atom stereocenters. The van der Waals surface area contributed by atoms with Crippen LogP contribution in [0.5, 0.6) is 0 Å². The van der Waals surface area contributed by atoms with E-state index >= 15 is 0 Å². The fourth-order valence-electron chi connectivity index (χ4n) is 3.27. The van der Waals surface area contributed by atoms with Gasteiger partial charge in [-0.25, -0.2) is 4.98 Å². The average molecular weight is 308 g/mol. The van der Waals surface area contributed by atoms with Crippen LogP contribution < -0.4 is 10.2 Å². The minimum Gasteiger partial charge on any atom is -0.348 e. The maximum atomic E-state index is 4.99. The first-order valence-electron chi connectivity index (χ1n) is 8.21. The fourth-order valence-corrected chi connectivity index (χ4v) is 4.48. The third kappa shape index (κ3) is 3.76. The van der Waals surface area contributed by atoms with E-state index in [1.165, 1.54) is 61.0 Å². The Hall–Kier alpha value is -0.650. The summed E-state index contributed by atoms with van der Waals surface area (Å²) >= 11 is 1.92. The number of nitrogens with one attached hydrogen (secondary N) is 1. The van der Waals surface area contributed by atoms with Gasteiger partial charge in [-0.05, 0) is 52.7 Å². The lowest BCUT2D eigenvalue weighted by Gasteiger charge is -2.33. The number of piperidine rings is 1. The average Bonchev–Trinajstić information content (AvgIpc) is 3.21. The quantitative estimate of drug-likeness (QED) is 0.875. The third-order valence-corrected chi connectivity index (χ3v) is 5.66. The van der Waals surface area contributed by atoms with Gasteiger partial charge >= 0.3 is 0 Å². The van der Waals surface area contributed by atoms with Gasteiger partial charge in [0, 0.05) is 37.0 Å². The molecule has 1 aromatic rings. The first-order valence-corrected chi connectivity index (χ1v) is 9.03. The van der Waals surface area contributed by atoms with E-state index in [-0.39, 0.29) is 0 Å². The predicted molar refractivity (Wildman–Crippen MR) is 90.3 cm³/mol. The molecule has 2 aliphatic rings. The second-order valence-corrected chi connectivity index (χ2v) is 7.86. The minimum absolute atomic E-state index is 0.754. The largest absolute Gasteiger partial charge is 0.348 e. The Labute approximate surface area is 132 Å². The van der Waals surface area contributed by atoms with Crippen molar-refractivity contribution in [1.29, 1.82) is 0 Å². The summed E-state index contributed by atoms with van der Waals surface area (Å²) in [6.45, 7) is 4.55. The Bertz CT molecular complexity index is 459. The number of thiazole rings is 1. The van der Waals surface area contributed by atoms with Crippen LogP contribution in [0.4, 0.5) is 5.13 Å². The molecule has 0 aromatic carbocycles. The molecule has 1 N–H and O–H groups in total. The predicted octanol–water partition coefficient (Wildman–Crippen LogP) is 2.52. The number of anilines is 1. The van der Waals surface area contributed by atoms with Crippen molar-refractivity contribution in [2.24, 2.45) is 5.92 Å². The fraction of sp³-hybridized carbons (Fsp3) is 0.812. The third-order valence-electron chi connectivity index (χ3n) is 4.53. The van der Waals surface area contributed by atoms with Crippen molar-refractivity contribution in [3.8, 4) is 0 Å². The zero-order valence-corrected chi connectivity index (χ0v) is 14.4. The summed E-state index contributed by atoms with van der Waals surface area (Å²) in [5.41, 5.74) is 1.39. The molecule has 0 unspecified atom stereocenters. The Kier molecular flexibility index (Phi) is 4.82. The van der Waals surface area contributed by atoms with E-state index in [9.17, 15) is 0 Å². The van der Waals surface area contributed by atoms with Gasteiger partial charge in [0.05, 0.1) is 5.69 Å². The monoisotopic (exact) mass is 308 g/mol. The lowest BCUT2D eigenvalue weighted by molar-refractivity contribution is 0.285. The van der Waals surface area contributed by atoms with Gasteiger partial charge in [0.15, 0.2) is 5.13 Å². The molecule has 0 radical (unpaired) electrons. The van der Waals surface area contributed by atoms with Gasteiger partial charge in [-0.3, -0.25) is 0 Å². The summed E-state index contributed by atoms with van der Waals surface area (Å²) in [4.78, 5) is 11.3. The van der Waals surface area contributed by atoms with Crippen LogP contribution in [0.15, 0.2) is 0 Å². The van der Waals surface area contributed by atoms with E-state index in [0.29, 0.717) is 0 Å². The van der Waals surface area contributed by atoms with Gasteiger partial charge in [0.2, 0.25) is 0 Å². The number of rotatable bonds is 6. The van der Waals surface area contributed by atoms with E-state index in [4.69, 9.17) is 4.98 Å². The molecule has 3 rings (SSSR count). The molecular weight excluding hydrogens is 280 g/mol. The van der Waals surface area contributed by atoms with Gasteiger partial charge in [-0.15, -0.1) is 11.3 Å². The molecule has 1 aromatic heterocycles. The van der Waals surface area contributed by atoms with Crippen molar-refractivity contribution in [3.63, 3.8) is 0 Å². The molecule has 2 heterocycles. The van der Waals surface area contributed by atoms with Crippen LogP contribution in [0.2, 0.25) is 0 Å². The SMILES string of the molecule is CNCc1sc(N2CCC(CN(C)C)CC2)nc1C1CC1. The molecule has 0 spiro atoms. The van der Waals surface area contributed by atoms with Crippen molar-refractivity contribution >= 4 is 16.5 Å². The molecule has 2 fully saturated rings. The highest BCUT2D eigenvalue weighted by Crippen LogP contribution is 2.44. The van der Waals surface area contributed by atoms with Gasteiger partial charge in [-0.1, -0.05) is 0 Å². The van der Waals surface area contributed by atoms with E-state index in [1.807, 2.05) is 18.4 Å². The molecular formula is C16H28N4S. The van der Waals surface area contributed by atoms with Gasteiger partial charge in [0.1, 0.15) is 0 Å². The van der Waals surface area contributed by atoms with E-state index in [1.54, 1.807) is 0 Å². The van der Waals surface area contributed by atoms with Crippen molar-refractivity contribution in [2.45, 2.75) is 38.1 Å². The lowest BCUT2D eigenvalue weighted by Crippen LogP contribution is -2.37. The van der Waals surface area contributed by atoms with Crippen LogP contribution in [0.1, 0.15) is 42.2 Å². The Balaban J connectivity index is 1.63. The molecule has 1 aliphatic carbocycles. The van der Waals surface area contributed by atoms with Gasteiger partial charge < -0.3 is 15.1 Å². The summed E-state index contributed by atoms with van der Waals surface area (Å²) in [6.07, 6.45) is 5.28. The molecule has 1 saturated heterocycles. The molecule has 21 heavy (non-hydrogen) atoms. The Morgan fingerprint density at radius 3 is 2.52 bits per heavy atom. The van der Waals surface area contributed by atoms with Crippen LogP contribution in [0.3, 0.4) is 0 Å². The van der Waals surface area contributed by atoms with E-state index < -0.39 is 0 Å². The normalized spacial score (nSPS) is 20.5. The number of hydrogen-bond acceptors (Lipinski definition) is 5. The standard InChI is InChI=1S/C16H28N4S/c1-17-10-14-15(13-4-5-13)18-16(21-14)20-8-6-12(7-9-20)11-19(2)3/h12-13,17H,4-11H2,1-3H3. The summed E-state index contributed by atoms with van der Waals surface area (Å²) < 4.78 is 0. The van der Waals surface area contributed by atoms with Crippen LogP contribution in [0.25, 0.3) is 0 Å². The van der Waals surface area contributed by atoms with Crippen molar-refractivity contribution < 1.29 is 0 Å². The summed E-state index contributed by atoms with van der Waals surface area (Å²) in [5.74, 6) is 1.61. The van der Waals surface area contributed by atoms with Crippen LogP contribution in [0, 0.1) is 5.92 Å². The molecule has 5 heteroatoms. The van der Waals surface area contributed by atoms with Gasteiger partial charge in [0.25, 0.3) is 0 Å². The molecule has 4 nitrogen and oxygen atoms in total. The highest BCUT2D eigenvalue weighted by Gasteiger charge is 2.31. The highest BCUT2D eigenvalue weighted by atomic mass is 32.1.